The van der Waals surface area contributed by atoms with Gasteiger partial charge in [-0.05, 0) is 37.7 Å². The van der Waals surface area contributed by atoms with Crippen molar-refractivity contribution in [2.45, 2.75) is 58.2 Å². The molecule has 1 amide bonds. The first kappa shape index (κ1) is 18.5. The van der Waals surface area contributed by atoms with Gasteiger partial charge in [0.15, 0.2) is 0 Å². The summed E-state index contributed by atoms with van der Waals surface area (Å²) in [4.78, 5) is 25.6. The van der Waals surface area contributed by atoms with Gasteiger partial charge in [0.2, 0.25) is 5.91 Å². The van der Waals surface area contributed by atoms with Crippen LogP contribution < -0.4 is 5.32 Å². The number of carbonyl (C=O) groups excluding carboxylic acids is 1. The lowest BCUT2D eigenvalue weighted by Gasteiger charge is -2.27. The van der Waals surface area contributed by atoms with Crippen molar-refractivity contribution in [2.75, 3.05) is 6.54 Å². The van der Waals surface area contributed by atoms with Crippen LogP contribution in [0.25, 0.3) is 0 Å². The monoisotopic (exact) mass is 332 g/mol. The summed E-state index contributed by atoms with van der Waals surface area (Å²) in [6, 6.07) is 9.49. The Kier molecular flexibility index (Phi) is 6.37. The van der Waals surface area contributed by atoms with E-state index in [9.17, 15) is 14.7 Å². The van der Waals surface area contributed by atoms with Crippen molar-refractivity contribution >= 4 is 11.9 Å². The quantitative estimate of drug-likeness (QED) is 0.729. The van der Waals surface area contributed by atoms with Crippen molar-refractivity contribution in [3.63, 3.8) is 0 Å². The summed E-state index contributed by atoms with van der Waals surface area (Å²) in [6.07, 6.45) is 2.80. The standard InChI is InChI=1S/C19H28N2O3/c1-13(2)11-17(15-7-5-4-6-8-15)20-18(22)12-21(16-9-10-16)14(3)19(23)24/h4-8,13-14,16-17H,9-12H2,1-3H3,(H,20,22)(H,23,24). The van der Waals surface area contributed by atoms with Crippen LogP contribution in [-0.4, -0.2) is 40.5 Å². The number of carboxylic acid groups (broad SMARTS) is 1. The maximum Gasteiger partial charge on any atom is 0.320 e. The summed E-state index contributed by atoms with van der Waals surface area (Å²) < 4.78 is 0. The number of hydrogen-bond donors (Lipinski definition) is 2. The molecule has 0 aromatic heterocycles. The molecule has 0 aliphatic heterocycles. The Morgan fingerprint density at radius 3 is 2.33 bits per heavy atom. The molecule has 24 heavy (non-hydrogen) atoms. The molecule has 2 rings (SSSR count). The molecule has 1 aromatic carbocycles. The second-order valence-electron chi connectivity index (χ2n) is 7.08. The Labute approximate surface area is 144 Å². The second kappa shape index (κ2) is 8.29. The van der Waals surface area contributed by atoms with Crippen LogP contribution in [0, 0.1) is 5.92 Å². The van der Waals surface area contributed by atoms with Crippen LogP contribution in [0.2, 0.25) is 0 Å². The molecule has 2 unspecified atom stereocenters. The van der Waals surface area contributed by atoms with E-state index in [-0.39, 0.29) is 24.5 Å². The average Bonchev–Trinajstić information content (AvgIpc) is 3.36. The molecule has 2 atom stereocenters. The topological polar surface area (TPSA) is 69.6 Å². The molecule has 0 saturated heterocycles. The van der Waals surface area contributed by atoms with Crippen LogP contribution >= 0.6 is 0 Å². The summed E-state index contributed by atoms with van der Waals surface area (Å²) in [7, 11) is 0. The van der Waals surface area contributed by atoms with Crippen LogP contribution in [-0.2, 0) is 9.59 Å². The number of amides is 1. The highest BCUT2D eigenvalue weighted by Crippen LogP contribution is 2.28. The molecule has 1 aliphatic carbocycles. The number of benzene rings is 1. The second-order valence-corrected chi connectivity index (χ2v) is 7.08. The van der Waals surface area contributed by atoms with Crippen LogP contribution in [0.5, 0.6) is 0 Å². The third-order valence-electron chi connectivity index (χ3n) is 4.44. The summed E-state index contributed by atoms with van der Waals surface area (Å²) in [5, 5.41) is 12.3. The van der Waals surface area contributed by atoms with Gasteiger partial charge in [-0.25, -0.2) is 0 Å². The van der Waals surface area contributed by atoms with E-state index >= 15 is 0 Å². The fourth-order valence-corrected chi connectivity index (χ4v) is 2.97. The molecule has 2 N–H and O–H groups in total. The van der Waals surface area contributed by atoms with E-state index in [2.05, 4.69) is 19.2 Å². The highest BCUT2D eigenvalue weighted by Gasteiger charge is 2.36. The fourth-order valence-electron chi connectivity index (χ4n) is 2.97. The van der Waals surface area contributed by atoms with Gasteiger partial charge in [-0.15, -0.1) is 0 Å². The molecular weight excluding hydrogens is 304 g/mol. The van der Waals surface area contributed by atoms with Gasteiger partial charge in [-0.2, -0.15) is 0 Å². The van der Waals surface area contributed by atoms with E-state index in [1.165, 1.54) is 0 Å². The highest BCUT2D eigenvalue weighted by molar-refractivity contribution is 5.80. The fraction of sp³-hybridized carbons (Fsp3) is 0.579. The zero-order valence-electron chi connectivity index (χ0n) is 14.7. The molecule has 1 aromatic rings. The summed E-state index contributed by atoms with van der Waals surface area (Å²) >= 11 is 0. The van der Waals surface area contributed by atoms with Crippen molar-refractivity contribution in [3.05, 3.63) is 35.9 Å². The lowest BCUT2D eigenvalue weighted by molar-refractivity contribution is -0.143. The van der Waals surface area contributed by atoms with Crippen LogP contribution in [0.15, 0.2) is 30.3 Å². The van der Waals surface area contributed by atoms with Gasteiger partial charge in [0.25, 0.3) is 0 Å². The maximum absolute atomic E-state index is 12.5. The van der Waals surface area contributed by atoms with E-state index in [0.29, 0.717) is 5.92 Å². The minimum Gasteiger partial charge on any atom is -0.480 e. The Bertz CT molecular complexity index is 555. The van der Waals surface area contributed by atoms with E-state index in [4.69, 9.17) is 0 Å². The molecule has 1 saturated carbocycles. The van der Waals surface area contributed by atoms with Gasteiger partial charge in [0.05, 0.1) is 12.6 Å². The Balaban J connectivity index is 2.02. The lowest BCUT2D eigenvalue weighted by atomic mass is 9.97. The zero-order valence-corrected chi connectivity index (χ0v) is 14.7. The number of nitrogens with zero attached hydrogens (tertiary/aromatic N) is 1. The first-order chi connectivity index (χ1) is 11.4. The summed E-state index contributed by atoms with van der Waals surface area (Å²) in [5.41, 5.74) is 1.09. The third-order valence-corrected chi connectivity index (χ3v) is 4.44. The molecule has 0 radical (unpaired) electrons. The number of aliphatic carboxylic acids is 1. The minimum atomic E-state index is -0.878. The molecule has 132 valence electrons. The predicted molar refractivity (Wildman–Crippen MR) is 93.6 cm³/mol. The van der Waals surface area contributed by atoms with E-state index in [1.807, 2.05) is 30.3 Å². The maximum atomic E-state index is 12.5. The van der Waals surface area contributed by atoms with Gasteiger partial charge in [0.1, 0.15) is 6.04 Å². The molecule has 0 bridgehead atoms. The summed E-state index contributed by atoms with van der Waals surface area (Å²) in [5.74, 6) is -0.533. The molecule has 0 heterocycles. The SMILES string of the molecule is CC(C)CC(NC(=O)CN(C1CC1)C(C)C(=O)O)c1ccccc1. The predicted octanol–water partition coefficient (Wildman–Crippen LogP) is 2.83. The highest BCUT2D eigenvalue weighted by atomic mass is 16.4. The van der Waals surface area contributed by atoms with E-state index in [1.54, 1.807) is 11.8 Å². The van der Waals surface area contributed by atoms with Gasteiger partial charge >= 0.3 is 5.97 Å². The molecule has 1 aliphatic rings. The summed E-state index contributed by atoms with van der Waals surface area (Å²) in [6.45, 7) is 6.05. The minimum absolute atomic E-state index is 0.0418. The first-order valence-corrected chi connectivity index (χ1v) is 8.71. The molecule has 1 fully saturated rings. The first-order valence-electron chi connectivity index (χ1n) is 8.71. The number of carboxylic acids is 1. The van der Waals surface area contributed by atoms with Gasteiger partial charge in [-0.1, -0.05) is 44.2 Å². The number of hydrogen-bond acceptors (Lipinski definition) is 3. The smallest absolute Gasteiger partial charge is 0.320 e. The van der Waals surface area contributed by atoms with Crippen LogP contribution in [0.3, 0.4) is 0 Å². The molecule has 5 nitrogen and oxygen atoms in total. The number of carbonyl (C=O) groups is 2. The Hall–Kier alpha value is -1.88. The molecule has 5 heteroatoms. The lowest BCUT2D eigenvalue weighted by Crippen LogP contribution is -2.47. The van der Waals surface area contributed by atoms with Gasteiger partial charge in [-0.3, -0.25) is 14.5 Å². The Morgan fingerprint density at radius 2 is 1.83 bits per heavy atom. The van der Waals surface area contributed by atoms with Crippen molar-refractivity contribution < 1.29 is 14.7 Å². The molecule has 0 spiro atoms. The Morgan fingerprint density at radius 1 is 1.21 bits per heavy atom. The third kappa shape index (κ3) is 5.34. The van der Waals surface area contributed by atoms with E-state index < -0.39 is 12.0 Å². The van der Waals surface area contributed by atoms with Crippen molar-refractivity contribution in [2.24, 2.45) is 5.92 Å². The zero-order chi connectivity index (χ0) is 17.7. The van der Waals surface area contributed by atoms with Crippen LogP contribution in [0.1, 0.15) is 51.6 Å². The van der Waals surface area contributed by atoms with Crippen molar-refractivity contribution in [3.8, 4) is 0 Å². The largest absolute Gasteiger partial charge is 0.480 e. The van der Waals surface area contributed by atoms with Gasteiger partial charge < -0.3 is 10.4 Å². The normalized spacial score (nSPS) is 16.9. The van der Waals surface area contributed by atoms with Crippen molar-refractivity contribution in [1.82, 2.24) is 10.2 Å². The molecular formula is C19H28N2O3. The van der Waals surface area contributed by atoms with Gasteiger partial charge in [0, 0.05) is 6.04 Å². The number of nitrogens with one attached hydrogen (secondary N) is 1. The van der Waals surface area contributed by atoms with E-state index in [0.717, 1.165) is 24.8 Å². The average molecular weight is 332 g/mol. The van der Waals surface area contributed by atoms with Crippen LogP contribution in [0.4, 0.5) is 0 Å². The number of rotatable bonds is 9. The van der Waals surface area contributed by atoms with Crippen molar-refractivity contribution in [1.29, 1.82) is 0 Å².